The minimum Gasteiger partial charge on any atom is -0.491 e. The van der Waals surface area contributed by atoms with Crippen LogP contribution in [0.3, 0.4) is 0 Å². The Morgan fingerprint density at radius 3 is 2.10 bits per heavy atom. The molecule has 0 N–H and O–H groups in total. The Bertz CT molecular complexity index is 772. The second-order valence-corrected chi connectivity index (χ2v) is 6.48. The predicted molar refractivity (Wildman–Crippen MR) is 110 cm³/mol. The topological polar surface area (TPSA) is 90.3 Å². The molecule has 1 aliphatic rings. The van der Waals surface area contributed by atoms with Gasteiger partial charge < -0.3 is 9.47 Å². The van der Waals surface area contributed by atoms with E-state index in [4.69, 9.17) is 9.47 Å². The number of ether oxygens (including phenoxy) is 2. The summed E-state index contributed by atoms with van der Waals surface area (Å²) in [6.45, 7) is 14.0. The summed E-state index contributed by atoms with van der Waals surface area (Å²) in [4.78, 5) is 29.6. The highest BCUT2D eigenvalue weighted by atomic mass is 16.5. The number of hydrogen-bond acceptors (Lipinski definition) is 8. The fraction of sp³-hybridized carbons (Fsp3) is 0.476. The Hall–Kier alpha value is -2.71. The summed E-state index contributed by atoms with van der Waals surface area (Å²) in [5.41, 5.74) is 2.15. The first-order valence-electron chi connectivity index (χ1n) is 9.78. The van der Waals surface area contributed by atoms with Crippen molar-refractivity contribution in [2.24, 2.45) is 0 Å². The molecule has 1 saturated heterocycles. The number of Topliss-reactive ketones (excluding diaryl/α,β-unsaturated/α-hetero) is 1. The van der Waals surface area contributed by atoms with Crippen molar-refractivity contribution in [2.75, 3.05) is 32.9 Å². The number of aryl methyl sites for hydroxylation is 1. The van der Waals surface area contributed by atoms with Crippen molar-refractivity contribution in [3.8, 4) is 0 Å². The van der Waals surface area contributed by atoms with Crippen LogP contribution in [-0.2, 0) is 22.4 Å². The van der Waals surface area contributed by atoms with Gasteiger partial charge in [0.05, 0.1) is 19.8 Å². The van der Waals surface area contributed by atoms with Crippen LogP contribution in [-0.4, -0.2) is 63.5 Å². The number of carbonyl (C=O) groups is 1. The summed E-state index contributed by atoms with van der Waals surface area (Å²) in [5, 5.41) is 0. The molecule has 0 atom stereocenters. The van der Waals surface area contributed by atoms with Crippen molar-refractivity contribution in [3.63, 3.8) is 0 Å². The minimum atomic E-state index is -0.0991. The van der Waals surface area contributed by atoms with Crippen LogP contribution in [0.15, 0.2) is 31.4 Å². The van der Waals surface area contributed by atoms with E-state index >= 15 is 0 Å². The van der Waals surface area contributed by atoms with E-state index in [2.05, 4.69) is 38.3 Å². The smallest absolute Gasteiger partial charge is 0.196 e. The van der Waals surface area contributed by atoms with Gasteiger partial charge in [-0.15, -0.1) is 0 Å². The molecular weight excluding hydrogens is 370 g/mol. The molecule has 8 heteroatoms. The highest BCUT2D eigenvalue weighted by molar-refractivity contribution is 5.90. The normalized spacial score (nSPS) is 13.9. The largest absolute Gasteiger partial charge is 0.491 e. The molecule has 2 aromatic rings. The van der Waals surface area contributed by atoms with Gasteiger partial charge in [0.2, 0.25) is 0 Å². The van der Waals surface area contributed by atoms with Crippen LogP contribution in [0.25, 0.3) is 5.76 Å². The highest BCUT2D eigenvalue weighted by Crippen LogP contribution is 2.08. The van der Waals surface area contributed by atoms with Gasteiger partial charge in [-0.2, -0.15) is 0 Å². The summed E-state index contributed by atoms with van der Waals surface area (Å²) < 4.78 is 10.5. The Labute approximate surface area is 172 Å². The lowest BCUT2D eigenvalue weighted by atomic mass is 10.3. The fourth-order valence-corrected chi connectivity index (χ4v) is 2.56. The standard InChI is InChI=1S/C11H15N3O2.C10H14N2O/c1-9(15)11-12-6-10(7-13-11)8-14-2-4-16-5-3-14;1-4-9-6-11-10(12-7-9)8(3)13-5-2/h6-7H,2-5,8H2,1H3;6-7H,3-5H2,1-2H3. The highest BCUT2D eigenvalue weighted by Gasteiger charge is 2.11. The summed E-state index contributed by atoms with van der Waals surface area (Å²) >= 11 is 0. The zero-order chi connectivity index (χ0) is 21.1. The summed E-state index contributed by atoms with van der Waals surface area (Å²) in [7, 11) is 0. The van der Waals surface area contributed by atoms with Gasteiger partial charge in [-0.25, -0.2) is 19.9 Å². The van der Waals surface area contributed by atoms with E-state index in [0.717, 1.165) is 50.4 Å². The zero-order valence-corrected chi connectivity index (χ0v) is 17.4. The van der Waals surface area contributed by atoms with Crippen molar-refractivity contribution in [2.45, 2.75) is 33.7 Å². The van der Waals surface area contributed by atoms with Gasteiger partial charge in [0.25, 0.3) is 0 Å². The van der Waals surface area contributed by atoms with Gasteiger partial charge in [-0.05, 0) is 18.9 Å². The molecule has 3 rings (SSSR count). The Morgan fingerprint density at radius 1 is 1.03 bits per heavy atom. The minimum absolute atomic E-state index is 0.0991. The third kappa shape index (κ3) is 7.67. The van der Waals surface area contributed by atoms with Crippen LogP contribution in [0.2, 0.25) is 0 Å². The maximum Gasteiger partial charge on any atom is 0.196 e. The average Bonchev–Trinajstić information content (AvgIpc) is 2.75. The number of morpholine rings is 1. The van der Waals surface area contributed by atoms with E-state index in [1.807, 2.05) is 6.92 Å². The average molecular weight is 399 g/mol. The third-order valence-corrected chi connectivity index (χ3v) is 4.21. The molecule has 2 aromatic heterocycles. The predicted octanol–water partition coefficient (Wildman–Crippen LogP) is 2.56. The Morgan fingerprint density at radius 2 is 1.59 bits per heavy atom. The van der Waals surface area contributed by atoms with Gasteiger partial charge in [0.1, 0.15) is 0 Å². The van der Waals surface area contributed by atoms with E-state index in [-0.39, 0.29) is 11.6 Å². The zero-order valence-electron chi connectivity index (χ0n) is 17.4. The maximum absolute atomic E-state index is 11.0. The van der Waals surface area contributed by atoms with Crippen molar-refractivity contribution in [3.05, 3.63) is 54.1 Å². The van der Waals surface area contributed by atoms with Crippen molar-refractivity contribution in [1.82, 2.24) is 24.8 Å². The van der Waals surface area contributed by atoms with E-state index in [1.165, 1.54) is 6.92 Å². The number of nitrogens with zero attached hydrogens (tertiary/aromatic N) is 5. The van der Waals surface area contributed by atoms with Gasteiger partial charge >= 0.3 is 0 Å². The number of carbonyl (C=O) groups excluding carboxylic acids is 1. The monoisotopic (exact) mass is 399 g/mol. The van der Waals surface area contributed by atoms with Gasteiger partial charge in [-0.1, -0.05) is 13.5 Å². The van der Waals surface area contributed by atoms with Crippen LogP contribution in [0, 0.1) is 0 Å². The molecule has 8 nitrogen and oxygen atoms in total. The van der Waals surface area contributed by atoms with Gasteiger partial charge in [0.15, 0.2) is 23.2 Å². The molecule has 3 heterocycles. The lowest BCUT2D eigenvalue weighted by Crippen LogP contribution is -2.35. The fourth-order valence-electron chi connectivity index (χ4n) is 2.56. The first-order valence-corrected chi connectivity index (χ1v) is 9.78. The number of ketones is 1. The molecule has 0 aromatic carbocycles. The molecule has 0 saturated carbocycles. The molecule has 156 valence electrons. The molecule has 0 bridgehead atoms. The summed E-state index contributed by atoms with van der Waals surface area (Å²) in [6, 6.07) is 0. The molecule has 0 unspecified atom stereocenters. The number of aromatic nitrogens is 4. The maximum atomic E-state index is 11.0. The SMILES string of the molecule is C=C(OCC)c1ncc(CC)cn1.CC(=O)c1ncc(CN2CCOCC2)cn1. The van der Waals surface area contributed by atoms with E-state index in [0.29, 0.717) is 18.2 Å². The van der Waals surface area contributed by atoms with Crippen molar-refractivity contribution in [1.29, 1.82) is 0 Å². The lowest BCUT2D eigenvalue weighted by molar-refractivity contribution is 0.0341. The molecule has 0 aliphatic carbocycles. The van der Waals surface area contributed by atoms with Crippen LogP contribution < -0.4 is 0 Å². The molecule has 1 fully saturated rings. The second-order valence-electron chi connectivity index (χ2n) is 6.48. The molecule has 1 aliphatic heterocycles. The van der Waals surface area contributed by atoms with Gasteiger partial charge in [0, 0.05) is 56.9 Å². The van der Waals surface area contributed by atoms with Crippen LogP contribution in [0.4, 0.5) is 0 Å². The lowest BCUT2D eigenvalue weighted by Gasteiger charge is -2.26. The summed E-state index contributed by atoms with van der Waals surface area (Å²) in [6.07, 6.45) is 7.98. The Kier molecular flexibility index (Phi) is 9.33. The molecule has 0 spiro atoms. The van der Waals surface area contributed by atoms with E-state index in [1.54, 1.807) is 24.8 Å². The van der Waals surface area contributed by atoms with Crippen molar-refractivity contribution < 1.29 is 14.3 Å². The van der Waals surface area contributed by atoms with E-state index in [9.17, 15) is 4.79 Å². The van der Waals surface area contributed by atoms with Gasteiger partial charge in [-0.3, -0.25) is 9.69 Å². The Balaban J connectivity index is 0.000000212. The summed E-state index contributed by atoms with van der Waals surface area (Å²) in [5.74, 6) is 1.29. The van der Waals surface area contributed by atoms with Crippen LogP contribution >= 0.6 is 0 Å². The van der Waals surface area contributed by atoms with Crippen LogP contribution in [0.1, 0.15) is 48.3 Å². The number of rotatable bonds is 7. The quantitative estimate of drug-likeness (QED) is 0.518. The van der Waals surface area contributed by atoms with E-state index < -0.39 is 0 Å². The first-order chi connectivity index (χ1) is 14.0. The second kappa shape index (κ2) is 12.0. The first kappa shape index (κ1) is 22.6. The third-order valence-electron chi connectivity index (χ3n) is 4.21. The van der Waals surface area contributed by atoms with Crippen LogP contribution in [0.5, 0.6) is 0 Å². The number of hydrogen-bond donors (Lipinski definition) is 0. The molecular formula is C21H29N5O3. The molecule has 0 radical (unpaired) electrons. The molecule has 0 amide bonds. The van der Waals surface area contributed by atoms with Crippen molar-refractivity contribution >= 4 is 11.5 Å². The molecule has 29 heavy (non-hydrogen) atoms.